The maximum absolute atomic E-state index is 13.9. The van der Waals surface area contributed by atoms with E-state index in [-0.39, 0.29) is 23.1 Å². The molecule has 1 aromatic heterocycles. The molecule has 0 spiro atoms. The fraction of sp³-hybridized carbons (Fsp3) is 0.241. The van der Waals surface area contributed by atoms with Crippen molar-refractivity contribution in [2.75, 3.05) is 16.7 Å². The predicted molar refractivity (Wildman–Crippen MR) is 158 cm³/mol. The van der Waals surface area contributed by atoms with Crippen LogP contribution < -0.4 is 19.7 Å². The van der Waals surface area contributed by atoms with Crippen LogP contribution in [0.25, 0.3) is 10.1 Å². The molecule has 0 unspecified atom stereocenters. The molecule has 3 amide bonds. The van der Waals surface area contributed by atoms with E-state index >= 15 is 0 Å². The lowest BCUT2D eigenvalue weighted by molar-refractivity contribution is -0.120. The third-order valence-electron chi connectivity index (χ3n) is 6.35. The number of rotatable bonds is 8. The highest BCUT2D eigenvalue weighted by atomic mass is 32.2. The van der Waals surface area contributed by atoms with Crippen molar-refractivity contribution in [1.29, 1.82) is 0 Å². The highest BCUT2D eigenvalue weighted by Crippen LogP contribution is 2.26. The lowest BCUT2D eigenvalue weighted by Crippen LogP contribution is -2.53. The smallest absolute Gasteiger partial charge is 0.325 e. The highest BCUT2D eigenvalue weighted by molar-refractivity contribution is 7.91. The molecular formula is C29H30F2N4O4S2. The van der Waals surface area contributed by atoms with Crippen LogP contribution >= 0.6 is 11.3 Å². The SMILES string of the molecule is CN(C(=O)[C@H](Cc1cc(F)cc(F)c1)NC(=O)NS(=O)(=O)Nc1ccc(C(C)(C)C)cc1)c1ccc2sccc2c1. The second-order valence-electron chi connectivity index (χ2n) is 10.6. The van der Waals surface area contributed by atoms with Gasteiger partial charge in [0, 0.05) is 29.9 Å². The second kappa shape index (κ2) is 11.8. The Kier molecular flexibility index (Phi) is 8.64. The number of fused-ring (bicyclic) bond motifs is 1. The van der Waals surface area contributed by atoms with Crippen molar-refractivity contribution in [3.63, 3.8) is 0 Å². The summed E-state index contributed by atoms with van der Waals surface area (Å²) in [5.74, 6) is -2.32. The van der Waals surface area contributed by atoms with Crippen LogP contribution in [0.4, 0.5) is 25.0 Å². The molecule has 41 heavy (non-hydrogen) atoms. The number of carbonyl (C=O) groups is 2. The number of benzene rings is 3. The monoisotopic (exact) mass is 600 g/mol. The fourth-order valence-electron chi connectivity index (χ4n) is 4.22. The summed E-state index contributed by atoms with van der Waals surface area (Å²) >= 11 is 1.54. The lowest BCUT2D eigenvalue weighted by atomic mass is 9.87. The van der Waals surface area contributed by atoms with E-state index in [2.05, 4.69) is 10.0 Å². The topological polar surface area (TPSA) is 108 Å². The van der Waals surface area contributed by atoms with Gasteiger partial charge in [0.25, 0.3) is 0 Å². The Balaban J connectivity index is 1.52. The van der Waals surface area contributed by atoms with Crippen molar-refractivity contribution in [2.24, 2.45) is 0 Å². The molecule has 0 fully saturated rings. The summed E-state index contributed by atoms with van der Waals surface area (Å²) in [6, 6.07) is 14.2. The minimum Gasteiger partial charge on any atom is -0.325 e. The molecule has 0 aliphatic carbocycles. The summed E-state index contributed by atoms with van der Waals surface area (Å²) < 4.78 is 58.2. The van der Waals surface area contributed by atoms with Crippen LogP contribution in [0.3, 0.4) is 0 Å². The van der Waals surface area contributed by atoms with E-state index in [0.29, 0.717) is 11.8 Å². The lowest BCUT2D eigenvalue weighted by Gasteiger charge is -2.25. The second-order valence-corrected chi connectivity index (χ2v) is 12.9. The third kappa shape index (κ3) is 7.80. The zero-order valence-electron chi connectivity index (χ0n) is 22.9. The molecule has 4 rings (SSSR count). The van der Waals surface area contributed by atoms with Crippen molar-refractivity contribution in [2.45, 2.75) is 38.6 Å². The standard InChI is InChI=1S/C29H30F2N4O4S2/c1-29(2,3)20-5-7-23(8-6-20)33-41(38,39)34-28(37)32-25(15-18-13-21(30)17-22(31)14-18)27(36)35(4)24-9-10-26-19(16-24)11-12-40-26/h5-14,16-17,25,33H,15H2,1-4H3,(H2,32,34,37)/t25-/m0/s1. The van der Waals surface area contributed by atoms with E-state index in [9.17, 15) is 26.8 Å². The molecule has 8 nitrogen and oxygen atoms in total. The fourth-order valence-corrected chi connectivity index (χ4v) is 5.79. The Labute approximate surface area is 241 Å². The maximum atomic E-state index is 13.9. The minimum atomic E-state index is -4.39. The average Bonchev–Trinajstić information content (AvgIpc) is 3.34. The average molecular weight is 601 g/mol. The third-order valence-corrected chi connectivity index (χ3v) is 8.21. The van der Waals surface area contributed by atoms with E-state index in [1.165, 1.54) is 11.9 Å². The molecule has 3 N–H and O–H groups in total. The van der Waals surface area contributed by atoms with E-state index in [1.807, 2.05) is 43.0 Å². The molecular weight excluding hydrogens is 570 g/mol. The Bertz CT molecular complexity index is 1660. The molecule has 4 aromatic rings. The molecule has 216 valence electrons. The van der Waals surface area contributed by atoms with Gasteiger partial charge in [-0.25, -0.2) is 18.3 Å². The first kappa shape index (κ1) is 29.9. The Morgan fingerprint density at radius 3 is 2.24 bits per heavy atom. The van der Waals surface area contributed by atoms with Crippen LogP contribution in [-0.2, 0) is 26.8 Å². The van der Waals surface area contributed by atoms with Gasteiger partial charge in [-0.15, -0.1) is 11.3 Å². The van der Waals surface area contributed by atoms with Crippen LogP contribution in [0.15, 0.2) is 72.1 Å². The van der Waals surface area contributed by atoms with Crippen molar-refractivity contribution >= 4 is 54.9 Å². The summed E-state index contributed by atoms with van der Waals surface area (Å²) in [6.07, 6.45) is -0.298. The van der Waals surface area contributed by atoms with E-state index < -0.39 is 39.8 Å². The first-order valence-electron chi connectivity index (χ1n) is 12.6. The molecule has 0 aliphatic heterocycles. The van der Waals surface area contributed by atoms with E-state index in [1.54, 1.807) is 47.7 Å². The van der Waals surface area contributed by atoms with Crippen LogP contribution in [0, 0.1) is 11.6 Å². The number of thiophene rings is 1. The van der Waals surface area contributed by atoms with Gasteiger partial charge in [0.15, 0.2) is 0 Å². The van der Waals surface area contributed by atoms with Gasteiger partial charge < -0.3 is 10.2 Å². The van der Waals surface area contributed by atoms with Gasteiger partial charge >= 0.3 is 16.2 Å². The maximum Gasteiger partial charge on any atom is 0.330 e. The number of urea groups is 1. The number of halogens is 2. The number of hydrogen-bond acceptors (Lipinski definition) is 5. The van der Waals surface area contributed by atoms with Crippen molar-refractivity contribution < 1.29 is 26.8 Å². The molecule has 3 aromatic carbocycles. The van der Waals surface area contributed by atoms with Gasteiger partial charge in [0.2, 0.25) is 5.91 Å². The molecule has 1 atom stereocenters. The highest BCUT2D eigenvalue weighted by Gasteiger charge is 2.27. The van der Waals surface area contributed by atoms with Crippen LogP contribution in [0.2, 0.25) is 0 Å². The van der Waals surface area contributed by atoms with Crippen LogP contribution in [0.5, 0.6) is 0 Å². The molecule has 0 saturated heterocycles. The molecule has 0 bridgehead atoms. The number of likely N-dealkylation sites (N-methyl/N-ethyl adjacent to an activating group) is 1. The Morgan fingerprint density at radius 1 is 0.951 bits per heavy atom. The number of nitrogens with one attached hydrogen (secondary N) is 3. The minimum absolute atomic E-state index is 0.0998. The molecule has 1 heterocycles. The number of carbonyl (C=O) groups excluding carboxylic acids is 2. The predicted octanol–water partition coefficient (Wildman–Crippen LogP) is 5.71. The molecule has 0 radical (unpaired) electrons. The zero-order valence-corrected chi connectivity index (χ0v) is 24.5. The van der Waals surface area contributed by atoms with Gasteiger partial charge in [-0.2, -0.15) is 8.42 Å². The van der Waals surface area contributed by atoms with Crippen molar-refractivity contribution in [1.82, 2.24) is 10.0 Å². The van der Waals surface area contributed by atoms with E-state index in [0.717, 1.165) is 27.8 Å². The summed E-state index contributed by atoms with van der Waals surface area (Å²) in [6.45, 7) is 6.06. The first-order chi connectivity index (χ1) is 19.2. The quantitative estimate of drug-likeness (QED) is 0.241. The molecule has 12 heteroatoms. The van der Waals surface area contributed by atoms with Crippen LogP contribution in [0.1, 0.15) is 31.9 Å². The molecule has 0 saturated carbocycles. The van der Waals surface area contributed by atoms with Gasteiger partial charge in [-0.3, -0.25) is 9.52 Å². The molecule has 0 aliphatic rings. The number of amides is 3. The zero-order chi connectivity index (χ0) is 29.9. The summed E-state index contributed by atoms with van der Waals surface area (Å²) in [5.41, 5.74) is 1.70. The summed E-state index contributed by atoms with van der Waals surface area (Å²) in [7, 11) is -2.89. The number of hydrogen-bond donors (Lipinski definition) is 3. The van der Waals surface area contributed by atoms with Gasteiger partial charge in [0.1, 0.15) is 17.7 Å². The van der Waals surface area contributed by atoms with Crippen LogP contribution in [-0.4, -0.2) is 33.4 Å². The largest absolute Gasteiger partial charge is 0.330 e. The van der Waals surface area contributed by atoms with Crippen molar-refractivity contribution in [3.05, 3.63) is 94.9 Å². The van der Waals surface area contributed by atoms with Crippen molar-refractivity contribution in [3.8, 4) is 0 Å². The summed E-state index contributed by atoms with van der Waals surface area (Å²) in [5, 5.41) is 5.18. The van der Waals surface area contributed by atoms with Gasteiger partial charge in [0.05, 0.1) is 5.69 Å². The number of anilines is 2. The van der Waals surface area contributed by atoms with E-state index in [4.69, 9.17) is 0 Å². The Morgan fingerprint density at radius 2 is 1.61 bits per heavy atom. The Hall–Kier alpha value is -4.03. The number of nitrogens with zero attached hydrogens (tertiary/aromatic N) is 1. The summed E-state index contributed by atoms with van der Waals surface area (Å²) in [4.78, 5) is 27.6. The normalized spacial score (nSPS) is 12.5. The first-order valence-corrected chi connectivity index (χ1v) is 15.0. The van der Waals surface area contributed by atoms with Gasteiger partial charge in [-0.1, -0.05) is 32.9 Å². The van der Waals surface area contributed by atoms with Gasteiger partial charge in [-0.05, 0) is 75.8 Å².